The largest absolute Gasteiger partial charge is 0.472 e. The second-order valence-corrected chi connectivity index (χ2v) is 22.5. The Hall–Kier alpha value is -1.02. The SMILES string of the molecule is CCCCCCCCCCCCCCCCCCCCCCCCCCC/C=C/CC/C=C/C(O)C(COP(=O)(O)OCC[N+](C)(C)C)NC(=O)CCCCCCCCCCCCCCC. The Morgan fingerprint density at radius 2 is 0.833 bits per heavy atom. The van der Waals surface area contributed by atoms with Gasteiger partial charge in [0, 0.05) is 6.42 Å². The number of phosphoric ester groups is 1. The lowest BCUT2D eigenvalue weighted by Gasteiger charge is -2.25. The Labute approximate surface area is 411 Å². The Morgan fingerprint density at radius 3 is 1.21 bits per heavy atom. The van der Waals surface area contributed by atoms with Gasteiger partial charge in [0.2, 0.25) is 5.91 Å². The summed E-state index contributed by atoms with van der Waals surface area (Å²) < 4.78 is 23.6. The van der Waals surface area contributed by atoms with Gasteiger partial charge in [0.05, 0.1) is 39.9 Å². The summed E-state index contributed by atoms with van der Waals surface area (Å²) in [6, 6.07) is -0.859. The van der Waals surface area contributed by atoms with Gasteiger partial charge >= 0.3 is 7.82 Å². The third kappa shape index (κ3) is 50.8. The first-order valence-electron chi connectivity index (χ1n) is 28.7. The van der Waals surface area contributed by atoms with Crippen LogP contribution in [0.15, 0.2) is 24.3 Å². The summed E-state index contributed by atoms with van der Waals surface area (Å²) >= 11 is 0. The van der Waals surface area contributed by atoms with Crippen LogP contribution >= 0.6 is 7.82 Å². The smallest absolute Gasteiger partial charge is 0.387 e. The van der Waals surface area contributed by atoms with Crippen molar-refractivity contribution in [2.75, 3.05) is 40.9 Å². The van der Waals surface area contributed by atoms with Crippen molar-refractivity contribution in [3.8, 4) is 0 Å². The molecule has 8 nitrogen and oxygen atoms in total. The van der Waals surface area contributed by atoms with Gasteiger partial charge in [0.1, 0.15) is 13.2 Å². The molecule has 0 heterocycles. The number of rotatable bonds is 53. The van der Waals surface area contributed by atoms with E-state index in [1.54, 1.807) is 6.08 Å². The van der Waals surface area contributed by atoms with Gasteiger partial charge in [-0.3, -0.25) is 13.8 Å². The third-order valence-corrected chi connectivity index (χ3v) is 14.2. The molecule has 0 rings (SSSR count). The number of nitrogens with one attached hydrogen (secondary N) is 1. The number of amides is 1. The molecule has 0 bridgehead atoms. The second-order valence-electron chi connectivity index (χ2n) is 21.0. The average molecular weight is 955 g/mol. The highest BCUT2D eigenvalue weighted by Crippen LogP contribution is 2.43. The van der Waals surface area contributed by atoms with Crippen molar-refractivity contribution in [2.24, 2.45) is 0 Å². The highest BCUT2D eigenvalue weighted by atomic mass is 31.2. The Balaban J connectivity index is 4.10. The zero-order valence-corrected chi connectivity index (χ0v) is 45.6. The lowest BCUT2D eigenvalue weighted by Crippen LogP contribution is -2.45. The lowest BCUT2D eigenvalue weighted by molar-refractivity contribution is -0.870. The molecule has 1 amide bonds. The van der Waals surface area contributed by atoms with E-state index in [-0.39, 0.29) is 19.1 Å². The van der Waals surface area contributed by atoms with E-state index in [2.05, 4.69) is 31.3 Å². The molecular formula is C57H114N2O6P+. The molecule has 0 aromatic rings. The van der Waals surface area contributed by atoms with Crippen LogP contribution in [0.3, 0.4) is 0 Å². The fourth-order valence-electron chi connectivity index (χ4n) is 8.65. The summed E-state index contributed by atoms with van der Waals surface area (Å²) in [4.78, 5) is 23.2. The molecule has 0 fully saturated rings. The molecule has 3 atom stereocenters. The predicted octanol–water partition coefficient (Wildman–Crippen LogP) is 17.2. The number of carbonyl (C=O) groups is 1. The minimum Gasteiger partial charge on any atom is -0.387 e. The first-order valence-corrected chi connectivity index (χ1v) is 30.2. The minimum absolute atomic E-state index is 0.0585. The second kappa shape index (κ2) is 49.0. The van der Waals surface area contributed by atoms with Crippen molar-refractivity contribution in [3.05, 3.63) is 24.3 Å². The lowest BCUT2D eigenvalue weighted by atomic mass is 10.0. The van der Waals surface area contributed by atoms with Crippen LogP contribution in [0.2, 0.25) is 0 Å². The molecule has 0 aliphatic carbocycles. The van der Waals surface area contributed by atoms with Crippen LogP contribution in [0, 0.1) is 0 Å². The highest BCUT2D eigenvalue weighted by Gasteiger charge is 2.27. The minimum atomic E-state index is -4.35. The maximum Gasteiger partial charge on any atom is 0.472 e. The molecule has 392 valence electrons. The number of quaternary nitrogens is 1. The van der Waals surface area contributed by atoms with Gasteiger partial charge < -0.3 is 19.8 Å². The molecular weight excluding hydrogens is 840 g/mol. The van der Waals surface area contributed by atoms with Crippen LogP contribution in [0.4, 0.5) is 0 Å². The van der Waals surface area contributed by atoms with Crippen molar-refractivity contribution in [1.29, 1.82) is 0 Å². The van der Waals surface area contributed by atoms with Gasteiger partial charge in [-0.15, -0.1) is 0 Å². The Kier molecular flexibility index (Phi) is 48.2. The van der Waals surface area contributed by atoms with Gasteiger partial charge in [-0.2, -0.15) is 0 Å². The Bertz CT molecular complexity index is 1130. The van der Waals surface area contributed by atoms with Crippen LogP contribution in [-0.4, -0.2) is 73.4 Å². The molecule has 0 aromatic carbocycles. The fourth-order valence-corrected chi connectivity index (χ4v) is 9.38. The normalized spacial score (nSPS) is 14.1. The van der Waals surface area contributed by atoms with E-state index < -0.39 is 20.0 Å². The first-order chi connectivity index (χ1) is 32.0. The number of carbonyl (C=O) groups excluding carboxylic acids is 1. The summed E-state index contributed by atoms with van der Waals surface area (Å²) in [5, 5.41) is 13.9. The van der Waals surface area contributed by atoms with Crippen molar-refractivity contribution in [3.63, 3.8) is 0 Å². The van der Waals surface area contributed by atoms with E-state index in [4.69, 9.17) is 9.05 Å². The van der Waals surface area contributed by atoms with E-state index in [0.29, 0.717) is 17.4 Å². The van der Waals surface area contributed by atoms with Crippen LogP contribution < -0.4 is 5.32 Å². The van der Waals surface area contributed by atoms with E-state index in [0.717, 1.165) is 38.5 Å². The molecule has 0 spiro atoms. The Morgan fingerprint density at radius 1 is 0.500 bits per heavy atom. The van der Waals surface area contributed by atoms with E-state index in [1.807, 2.05) is 27.2 Å². The quantitative estimate of drug-likeness (QED) is 0.0243. The number of aliphatic hydroxyl groups excluding tert-OH is 1. The molecule has 0 aromatic heterocycles. The predicted molar refractivity (Wildman–Crippen MR) is 286 cm³/mol. The fraction of sp³-hybridized carbons (Fsp3) is 0.912. The topological polar surface area (TPSA) is 105 Å². The molecule has 0 saturated heterocycles. The van der Waals surface area contributed by atoms with E-state index in [9.17, 15) is 19.4 Å². The number of hydrogen-bond donors (Lipinski definition) is 3. The number of unbranched alkanes of at least 4 members (excludes halogenated alkanes) is 38. The number of likely N-dealkylation sites (N-methyl/N-ethyl adjacent to an activating group) is 1. The monoisotopic (exact) mass is 954 g/mol. The zero-order valence-electron chi connectivity index (χ0n) is 44.7. The molecule has 9 heteroatoms. The van der Waals surface area contributed by atoms with Gasteiger partial charge in [-0.1, -0.05) is 269 Å². The molecule has 0 radical (unpaired) electrons. The van der Waals surface area contributed by atoms with Gasteiger partial charge in [0.15, 0.2) is 0 Å². The van der Waals surface area contributed by atoms with Crippen LogP contribution in [0.1, 0.15) is 284 Å². The summed E-state index contributed by atoms with van der Waals surface area (Å²) in [6.45, 7) is 4.82. The summed E-state index contributed by atoms with van der Waals surface area (Å²) in [6.07, 6.45) is 61.6. The summed E-state index contributed by atoms with van der Waals surface area (Å²) in [5.41, 5.74) is 0. The summed E-state index contributed by atoms with van der Waals surface area (Å²) in [5.74, 6) is -0.184. The van der Waals surface area contributed by atoms with Gasteiger partial charge in [-0.05, 0) is 32.1 Å². The molecule has 0 saturated carbocycles. The molecule has 3 N–H and O–H groups in total. The standard InChI is InChI=1S/C57H113N2O6P/c1-6-8-10-12-14-16-18-20-21-22-23-24-25-26-27-28-29-30-31-32-33-34-35-36-37-39-40-42-44-46-48-50-56(60)55(54-65-66(62,63)64-53-52-59(3,4)5)58-57(61)51-49-47-45-43-41-38-19-17-15-13-11-9-7-2/h40,42,48,50,55-56,60H,6-39,41,43-47,49,51-54H2,1-5H3,(H-,58,61,62,63)/p+1/b42-40+,50-48+. The van der Waals surface area contributed by atoms with Crippen molar-refractivity contribution in [2.45, 2.75) is 296 Å². The summed E-state index contributed by atoms with van der Waals surface area (Å²) in [7, 11) is 1.57. The van der Waals surface area contributed by atoms with E-state index >= 15 is 0 Å². The number of nitrogens with zero attached hydrogens (tertiary/aromatic N) is 1. The maximum absolute atomic E-state index is 12.9. The molecule has 0 aliphatic rings. The third-order valence-electron chi connectivity index (χ3n) is 13.2. The number of phosphoric acid groups is 1. The van der Waals surface area contributed by atoms with Crippen LogP contribution in [0.5, 0.6) is 0 Å². The van der Waals surface area contributed by atoms with Gasteiger partial charge in [0.25, 0.3) is 0 Å². The first kappa shape index (κ1) is 65.0. The van der Waals surface area contributed by atoms with Gasteiger partial charge in [-0.25, -0.2) is 4.57 Å². The van der Waals surface area contributed by atoms with E-state index in [1.165, 1.54) is 225 Å². The van der Waals surface area contributed by atoms with Crippen LogP contribution in [-0.2, 0) is 18.4 Å². The number of aliphatic hydroxyl groups is 1. The van der Waals surface area contributed by atoms with Crippen molar-refractivity contribution < 1.29 is 32.9 Å². The molecule has 0 aliphatic heterocycles. The zero-order chi connectivity index (χ0) is 48.5. The van der Waals surface area contributed by atoms with Crippen molar-refractivity contribution in [1.82, 2.24) is 5.32 Å². The van der Waals surface area contributed by atoms with Crippen molar-refractivity contribution >= 4 is 13.7 Å². The molecule has 66 heavy (non-hydrogen) atoms. The number of allylic oxidation sites excluding steroid dienone is 3. The highest BCUT2D eigenvalue weighted by molar-refractivity contribution is 7.47. The average Bonchev–Trinajstić information content (AvgIpc) is 3.28. The van der Waals surface area contributed by atoms with Crippen LogP contribution in [0.25, 0.3) is 0 Å². The molecule has 3 unspecified atom stereocenters. The maximum atomic E-state index is 12.9. The number of hydrogen-bond acceptors (Lipinski definition) is 5.